The zero-order chi connectivity index (χ0) is 13.1. The van der Waals surface area contributed by atoms with Gasteiger partial charge in [-0.15, -0.1) is 0 Å². The Labute approximate surface area is 106 Å². The van der Waals surface area contributed by atoms with Crippen LogP contribution >= 0.6 is 0 Å². The molecule has 1 N–H and O–H groups in total. The van der Waals surface area contributed by atoms with E-state index >= 15 is 0 Å². The average molecular weight is 246 g/mol. The summed E-state index contributed by atoms with van der Waals surface area (Å²) >= 11 is 0. The zero-order valence-electron chi connectivity index (χ0n) is 10.4. The second kappa shape index (κ2) is 5.19. The smallest absolute Gasteiger partial charge is 0.168 e. The summed E-state index contributed by atoms with van der Waals surface area (Å²) in [7, 11) is 0. The van der Waals surface area contributed by atoms with Crippen LogP contribution in [0.2, 0.25) is 0 Å². The lowest BCUT2D eigenvalue weighted by Gasteiger charge is -2.11. The van der Waals surface area contributed by atoms with E-state index in [-0.39, 0.29) is 18.2 Å². The lowest BCUT2D eigenvalue weighted by atomic mass is 10.1. The lowest BCUT2D eigenvalue weighted by molar-refractivity contribution is 0.276. The predicted octanol–water partition coefficient (Wildman–Crippen LogP) is 3.73. The number of aliphatic hydroxyl groups is 1. The van der Waals surface area contributed by atoms with E-state index < -0.39 is 0 Å². The monoisotopic (exact) mass is 246 g/mol. The molecule has 0 aliphatic carbocycles. The van der Waals surface area contributed by atoms with Gasteiger partial charge in [-0.3, -0.25) is 0 Å². The standard InChI is InChI=1S/C15H15FO2/c1-10-6-7-13(12(8-10)9-17)18-14-5-3-4-11(2)15(14)16/h3-8,17H,9H2,1-2H3. The molecule has 0 fully saturated rings. The Morgan fingerprint density at radius 2 is 1.89 bits per heavy atom. The van der Waals surface area contributed by atoms with Crippen LogP contribution in [0, 0.1) is 19.7 Å². The van der Waals surface area contributed by atoms with Gasteiger partial charge in [-0.2, -0.15) is 0 Å². The van der Waals surface area contributed by atoms with Gasteiger partial charge in [0.05, 0.1) is 6.61 Å². The number of halogens is 1. The third kappa shape index (κ3) is 2.51. The van der Waals surface area contributed by atoms with Gasteiger partial charge in [0.25, 0.3) is 0 Å². The maximum Gasteiger partial charge on any atom is 0.168 e. The molecule has 2 nitrogen and oxygen atoms in total. The Kier molecular flexibility index (Phi) is 3.63. The highest BCUT2D eigenvalue weighted by molar-refractivity contribution is 5.41. The summed E-state index contributed by atoms with van der Waals surface area (Å²) in [4.78, 5) is 0. The number of benzene rings is 2. The molecule has 2 aromatic rings. The summed E-state index contributed by atoms with van der Waals surface area (Å²) in [5.41, 5.74) is 2.21. The largest absolute Gasteiger partial charge is 0.454 e. The molecule has 0 bridgehead atoms. The first kappa shape index (κ1) is 12.6. The van der Waals surface area contributed by atoms with E-state index in [0.717, 1.165) is 5.56 Å². The molecule has 0 aromatic heterocycles. The fourth-order valence-corrected chi connectivity index (χ4v) is 1.75. The number of aryl methyl sites for hydroxylation is 2. The van der Waals surface area contributed by atoms with Crippen molar-refractivity contribution in [3.05, 3.63) is 58.9 Å². The van der Waals surface area contributed by atoms with Crippen molar-refractivity contribution in [3.63, 3.8) is 0 Å². The molecule has 0 heterocycles. The molecule has 2 aromatic carbocycles. The van der Waals surface area contributed by atoms with E-state index in [9.17, 15) is 9.50 Å². The predicted molar refractivity (Wildman–Crippen MR) is 68.3 cm³/mol. The summed E-state index contributed by atoms with van der Waals surface area (Å²) in [6.45, 7) is 3.48. The third-order valence-corrected chi connectivity index (χ3v) is 2.76. The highest BCUT2D eigenvalue weighted by Gasteiger charge is 2.09. The molecule has 0 saturated carbocycles. The molecule has 0 saturated heterocycles. The highest BCUT2D eigenvalue weighted by atomic mass is 19.1. The van der Waals surface area contributed by atoms with Crippen LogP contribution in [0.1, 0.15) is 16.7 Å². The Morgan fingerprint density at radius 3 is 2.61 bits per heavy atom. The van der Waals surface area contributed by atoms with E-state index in [1.807, 2.05) is 19.1 Å². The van der Waals surface area contributed by atoms with Crippen molar-refractivity contribution in [3.8, 4) is 11.5 Å². The molecule has 0 amide bonds. The van der Waals surface area contributed by atoms with E-state index in [2.05, 4.69) is 0 Å². The van der Waals surface area contributed by atoms with Gasteiger partial charge in [0.2, 0.25) is 0 Å². The van der Waals surface area contributed by atoms with Gasteiger partial charge in [-0.25, -0.2) is 4.39 Å². The maximum absolute atomic E-state index is 13.8. The van der Waals surface area contributed by atoms with Crippen LogP contribution in [0.4, 0.5) is 4.39 Å². The number of ether oxygens (including phenoxy) is 1. The van der Waals surface area contributed by atoms with Crippen molar-refractivity contribution in [2.24, 2.45) is 0 Å². The summed E-state index contributed by atoms with van der Waals surface area (Å²) in [6, 6.07) is 10.4. The second-order valence-electron chi connectivity index (χ2n) is 4.26. The fourth-order valence-electron chi connectivity index (χ4n) is 1.75. The highest BCUT2D eigenvalue weighted by Crippen LogP contribution is 2.29. The quantitative estimate of drug-likeness (QED) is 0.894. The minimum Gasteiger partial charge on any atom is -0.454 e. The number of rotatable bonds is 3. The van der Waals surface area contributed by atoms with E-state index in [4.69, 9.17) is 4.74 Å². The molecule has 0 radical (unpaired) electrons. The van der Waals surface area contributed by atoms with Crippen molar-refractivity contribution in [2.75, 3.05) is 0 Å². The van der Waals surface area contributed by atoms with Crippen molar-refractivity contribution < 1.29 is 14.2 Å². The SMILES string of the molecule is Cc1ccc(Oc2cccc(C)c2F)c(CO)c1. The molecule has 0 spiro atoms. The number of hydrogen-bond donors (Lipinski definition) is 1. The van der Waals surface area contributed by atoms with Gasteiger partial charge in [0.1, 0.15) is 5.75 Å². The van der Waals surface area contributed by atoms with Crippen LogP contribution < -0.4 is 4.74 Å². The summed E-state index contributed by atoms with van der Waals surface area (Å²) in [6.07, 6.45) is 0. The van der Waals surface area contributed by atoms with Crippen LogP contribution in [0.15, 0.2) is 36.4 Å². The normalized spacial score (nSPS) is 10.4. The minimum atomic E-state index is -0.373. The minimum absolute atomic E-state index is 0.134. The van der Waals surface area contributed by atoms with Crippen LogP contribution in [0.25, 0.3) is 0 Å². The maximum atomic E-state index is 13.8. The van der Waals surface area contributed by atoms with E-state index in [1.54, 1.807) is 31.2 Å². The molecule has 0 aliphatic heterocycles. The Hall–Kier alpha value is -1.87. The lowest BCUT2D eigenvalue weighted by Crippen LogP contribution is -1.95. The first-order valence-electron chi connectivity index (χ1n) is 5.75. The molecule has 2 rings (SSSR count). The molecule has 3 heteroatoms. The summed E-state index contributed by atoms with van der Waals surface area (Å²) < 4.78 is 19.3. The van der Waals surface area contributed by atoms with Crippen molar-refractivity contribution in [1.82, 2.24) is 0 Å². The first-order valence-corrected chi connectivity index (χ1v) is 5.75. The molecule has 94 valence electrons. The van der Waals surface area contributed by atoms with Crippen LogP contribution in [0.3, 0.4) is 0 Å². The molecule has 0 aliphatic rings. The molecular weight excluding hydrogens is 231 g/mol. The molecule has 18 heavy (non-hydrogen) atoms. The number of hydrogen-bond acceptors (Lipinski definition) is 2. The molecule has 0 atom stereocenters. The number of aliphatic hydroxyl groups excluding tert-OH is 1. The fraction of sp³-hybridized carbons (Fsp3) is 0.200. The second-order valence-corrected chi connectivity index (χ2v) is 4.26. The Bertz CT molecular complexity index is 564. The zero-order valence-corrected chi connectivity index (χ0v) is 10.4. The van der Waals surface area contributed by atoms with Gasteiger partial charge >= 0.3 is 0 Å². The Balaban J connectivity index is 2.37. The molecule has 0 unspecified atom stereocenters. The van der Waals surface area contributed by atoms with E-state index in [1.165, 1.54) is 0 Å². The van der Waals surface area contributed by atoms with Gasteiger partial charge < -0.3 is 9.84 Å². The van der Waals surface area contributed by atoms with Crippen molar-refractivity contribution in [1.29, 1.82) is 0 Å². The summed E-state index contributed by atoms with van der Waals surface area (Å²) in [5, 5.41) is 9.27. The van der Waals surface area contributed by atoms with Crippen molar-refractivity contribution >= 4 is 0 Å². The average Bonchev–Trinajstić information content (AvgIpc) is 2.37. The van der Waals surface area contributed by atoms with Crippen molar-refractivity contribution in [2.45, 2.75) is 20.5 Å². The summed E-state index contributed by atoms with van der Waals surface area (Å²) in [5.74, 6) is 0.281. The third-order valence-electron chi connectivity index (χ3n) is 2.76. The first-order chi connectivity index (χ1) is 8.61. The van der Waals surface area contributed by atoms with Crippen LogP contribution in [-0.4, -0.2) is 5.11 Å². The Morgan fingerprint density at radius 1 is 1.11 bits per heavy atom. The molecular formula is C15H15FO2. The van der Waals surface area contributed by atoms with Crippen LogP contribution in [-0.2, 0) is 6.61 Å². The van der Waals surface area contributed by atoms with Crippen LogP contribution in [0.5, 0.6) is 11.5 Å². The topological polar surface area (TPSA) is 29.5 Å². The van der Waals surface area contributed by atoms with Gasteiger partial charge in [0, 0.05) is 5.56 Å². The van der Waals surface area contributed by atoms with E-state index in [0.29, 0.717) is 16.9 Å². The van der Waals surface area contributed by atoms with Gasteiger partial charge in [0.15, 0.2) is 11.6 Å². The van der Waals surface area contributed by atoms with Gasteiger partial charge in [-0.1, -0.05) is 29.8 Å². The van der Waals surface area contributed by atoms with Gasteiger partial charge in [-0.05, 0) is 31.5 Å².